The molecule has 2 rings (SSSR count). The molecule has 0 aromatic carbocycles. The van der Waals surface area contributed by atoms with Crippen molar-refractivity contribution < 1.29 is 9.53 Å². The number of hydrogen-bond acceptors (Lipinski definition) is 4. The number of likely N-dealkylation sites (tertiary alicyclic amines) is 1. The van der Waals surface area contributed by atoms with Gasteiger partial charge in [-0.05, 0) is 33.6 Å². The molecule has 1 fully saturated rings. The first-order valence-corrected chi connectivity index (χ1v) is 6.29. The zero-order valence-electron chi connectivity index (χ0n) is 11.2. The fraction of sp³-hybridized carbons (Fsp3) is 0.750. The van der Waals surface area contributed by atoms with Crippen LogP contribution in [-0.4, -0.2) is 44.7 Å². The van der Waals surface area contributed by atoms with Gasteiger partial charge in [0.2, 0.25) is 0 Å². The third kappa shape index (κ3) is 3.21. The van der Waals surface area contributed by atoms with E-state index in [4.69, 9.17) is 4.74 Å². The lowest BCUT2D eigenvalue weighted by Crippen LogP contribution is -2.43. The van der Waals surface area contributed by atoms with Crippen LogP contribution in [0.25, 0.3) is 0 Å². The number of aromatic nitrogens is 3. The molecule has 1 aliphatic heterocycles. The van der Waals surface area contributed by atoms with Crippen LogP contribution in [-0.2, 0) is 4.74 Å². The van der Waals surface area contributed by atoms with Gasteiger partial charge >= 0.3 is 6.09 Å². The summed E-state index contributed by atoms with van der Waals surface area (Å²) >= 11 is 0. The second kappa shape index (κ2) is 4.96. The van der Waals surface area contributed by atoms with E-state index >= 15 is 0 Å². The molecule has 1 saturated heterocycles. The van der Waals surface area contributed by atoms with Gasteiger partial charge in [0.1, 0.15) is 5.60 Å². The highest BCUT2D eigenvalue weighted by molar-refractivity contribution is 5.68. The third-order valence-electron chi connectivity index (χ3n) is 2.86. The number of amides is 1. The van der Waals surface area contributed by atoms with Gasteiger partial charge in [0.25, 0.3) is 0 Å². The van der Waals surface area contributed by atoms with Crippen LogP contribution >= 0.6 is 0 Å². The van der Waals surface area contributed by atoms with E-state index in [9.17, 15) is 4.79 Å². The second-order valence-corrected chi connectivity index (χ2v) is 5.61. The van der Waals surface area contributed by atoms with E-state index in [0.717, 1.165) is 19.4 Å². The van der Waals surface area contributed by atoms with Crippen molar-refractivity contribution in [3.05, 3.63) is 12.4 Å². The number of ether oxygens (including phenoxy) is 1. The molecule has 0 saturated carbocycles. The first-order chi connectivity index (χ1) is 8.46. The predicted molar refractivity (Wildman–Crippen MR) is 66.1 cm³/mol. The van der Waals surface area contributed by atoms with Crippen LogP contribution in [0.1, 0.15) is 39.7 Å². The summed E-state index contributed by atoms with van der Waals surface area (Å²) in [6.07, 6.45) is 5.23. The summed E-state index contributed by atoms with van der Waals surface area (Å²) in [6, 6.07) is 0.203. The molecule has 100 valence electrons. The van der Waals surface area contributed by atoms with E-state index in [1.807, 2.05) is 31.6 Å². The van der Waals surface area contributed by atoms with Crippen molar-refractivity contribution in [3.63, 3.8) is 0 Å². The molecule has 1 aliphatic rings. The summed E-state index contributed by atoms with van der Waals surface area (Å²) in [5, 5.41) is 7.80. The second-order valence-electron chi connectivity index (χ2n) is 5.61. The summed E-state index contributed by atoms with van der Waals surface area (Å²) in [5.74, 6) is 0. The minimum Gasteiger partial charge on any atom is -0.444 e. The molecular weight excluding hydrogens is 232 g/mol. The standard InChI is InChI=1S/C12H20N4O2/c1-12(2,3)18-11(17)15-7-4-5-10(9-15)16-8-6-13-14-16/h6,8,10H,4-5,7,9H2,1-3H3. The molecule has 1 atom stereocenters. The molecule has 1 aromatic heterocycles. The SMILES string of the molecule is CC(C)(C)OC(=O)N1CCCC(n2ccnn2)C1. The Morgan fingerprint density at radius 2 is 2.22 bits per heavy atom. The molecule has 0 radical (unpaired) electrons. The highest BCUT2D eigenvalue weighted by Gasteiger charge is 2.28. The van der Waals surface area contributed by atoms with Gasteiger partial charge < -0.3 is 9.64 Å². The fourth-order valence-electron chi connectivity index (χ4n) is 2.08. The van der Waals surface area contributed by atoms with Crippen LogP contribution < -0.4 is 0 Å². The van der Waals surface area contributed by atoms with Gasteiger partial charge in [0, 0.05) is 19.3 Å². The van der Waals surface area contributed by atoms with Crippen LogP contribution in [0, 0.1) is 0 Å². The first-order valence-electron chi connectivity index (χ1n) is 6.29. The van der Waals surface area contributed by atoms with Gasteiger partial charge in [-0.3, -0.25) is 0 Å². The van der Waals surface area contributed by atoms with Crippen LogP contribution in [0.3, 0.4) is 0 Å². The van der Waals surface area contributed by atoms with E-state index in [1.54, 1.807) is 11.1 Å². The van der Waals surface area contributed by atoms with Crippen LogP contribution in [0.4, 0.5) is 4.79 Å². The molecule has 0 bridgehead atoms. The lowest BCUT2D eigenvalue weighted by atomic mass is 10.1. The molecule has 6 nitrogen and oxygen atoms in total. The smallest absolute Gasteiger partial charge is 0.410 e. The summed E-state index contributed by atoms with van der Waals surface area (Å²) in [5.41, 5.74) is -0.447. The van der Waals surface area contributed by atoms with Crippen molar-refractivity contribution in [1.82, 2.24) is 19.9 Å². The highest BCUT2D eigenvalue weighted by atomic mass is 16.6. The maximum absolute atomic E-state index is 12.0. The van der Waals surface area contributed by atoms with E-state index in [2.05, 4.69) is 10.3 Å². The average molecular weight is 252 g/mol. The van der Waals surface area contributed by atoms with Crippen LogP contribution in [0.5, 0.6) is 0 Å². The third-order valence-corrected chi connectivity index (χ3v) is 2.86. The Morgan fingerprint density at radius 3 is 2.83 bits per heavy atom. The molecule has 18 heavy (non-hydrogen) atoms. The lowest BCUT2D eigenvalue weighted by molar-refractivity contribution is 0.0166. The Kier molecular flexibility index (Phi) is 3.54. The zero-order chi connectivity index (χ0) is 13.2. The molecular formula is C12H20N4O2. The Bertz CT molecular complexity index is 397. The summed E-state index contributed by atoms with van der Waals surface area (Å²) in [6.45, 7) is 7.02. The van der Waals surface area contributed by atoms with Crippen molar-refractivity contribution in [2.75, 3.05) is 13.1 Å². The van der Waals surface area contributed by atoms with Gasteiger partial charge in [-0.2, -0.15) is 0 Å². The van der Waals surface area contributed by atoms with Crippen molar-refractivity contribution >= 4 is 6.09 Å². The number of rotatable bonds is 1. The number of hydrogen-bond donors (Lipinski definition) is 0. The number of nitrogens with zero attached hydrogens (tertiary/aromatic N) is 4. The van der Waals surface area contributed by atoms with Crippen molar-refractivity contribution in [2.45, 2.75) is 45.3 Å². The molecule has 1 unspecified atom stereocenters. The van der Waals surface area contributed by atoms with E-state index in [1.165, 1.54) is 0 Å². The minimum absolute atomic E-state index is 0.203. The maximum Gasteiger partial charge on any atom is 0.410 e. The zero-order valence-corrected chi connectivity index (χ0v) is 11.2. The predicted octanol–water partition coefficient (Wildman–Crippen LogP) is 1.85. The number of carbonyl (C=O) groups excluding carboxylic acids is 1. The summed E-state index contributed by atoms with van der Waals surface area (Å²) < 4.78 is 7.20. The maximum atomic E-state index is 12.0. The minimum atomic E-state index is -0.447. The summed E-state index contributed by atoms with van der Waals surface area (Å²) in [4.78, 5) is 13.7. The Balaban J connectivity index is 1.96. The average Bonchev–Trinajstić information content (AvgIpc) is 2.80. The van der Waals surface area contributed by atoms with E-state index < -0.39 is 5.60 Å². The topological polar surface area (TPSA) is 60.2 Å². The Labute approximate surface area is 107 Å². The van der Waals surface area contributed by atoms with E-state index in [0.29, 0.717) is 6.54 Å². The van der Waals surface area contributed by atoms with E-state index in [-0.39, 0.29) is 12.1 Å². The van der Waals surface area contributed by atoms with Gasteiger partial charge in [0.15, 0.2) is 0 Å². The first kappa shape index (κ1) is 12.9. The molecule has 0 N–H and O–H groups in total. The van der Waals surface area contributed by atoms with Crippen molar-refractivity contribution in [3.8, 4) is 0 Å². The van der Waals surface area contributed by atoms with Crippen molar-refractivity contribution in [2.24, 2.45) is 0 Å². The molecule has 0 aliphatic carbocycles. The molecule has 2 heterocycles. The molecule has 1 amide bonds. The van der Waals surface area contributed by atoms with Gasteiger partial charge in [0.05, 0.1) is 12.2 Å². The van der Waals surface area contributed by atoms with Gasteiger partial charge in [-0.1, -0.05) is 5.21 Å². The highest BCUT2D eigenvalue weighted by Crippen LogP contribution is 2.22. The van der Waals surface area contributed by atoms with Gasteiger partial charge in [-0.25, -0.2) is 9.48 Å². The Hall–Kier alpha value is -1.59. The van der Waals surface area contributed by atoms with Gasteiger partial charge in [-0.15, -0.1) is 5.10 Å². The quantitative estimate of drug-likeness (QED) is 0.765. The molecule has 6 heteroatoms. The fourth-order valence-corrected chi connectivity index (χ4v) is 2.08. The molecule has 0 spiro atoms. The van der Waals surface area contributed by atoms with Crippen LogP contribution in [0.15, 0.2) is 12.4 Å². The van der Waals surface area contributed by atoms with Crippen molar-refractivity contribution in [1.29, 1.82) is 0 Å². The normalized spacial score (nSPS) is 20.8. The van der Waals surface area contributed by atoms with Crippen LogP contribution in [0.2, 0.25) is 0 Å². The lowest BCUT2D eigenvalue weighted by Gasteiger charge is -2.33. The number of carbonyl (C=O) groups is 1. The Morgan fingerprint density at radius 1 is 1.44 bits per heavy atom. The number of piperidine rings is 1. The molecule has 1 aromatic rings. The largest absolute Gasteiger partial charge is 0.444 e. The monoisotopic (exact) mass is 252 g/mol. The summed E-state index contributed by atoms with van der Waals surface area (Å²) in [7, 11) is 0.